The Bertz CT molecular complexity index is 2080. The first kappa shape index (κ1) is 26.1. The van der Waals surface area contributed by atoms with E-state index in [0.29, 0.717) is 5.92 Å². The van der Waals surface area contributed by atoms with E-state index in [0.717, 1.165) is 51.5 Å². The van der Waals surface area contributed by atoms with Crippen molar-refractivity contribution in [2.75, 3.05) is 0 Å². The number of hydrogen-bond donors (Lipinski definition) is 0. The van der Waals surface area contributed by atoms with Crippen molar-refractivity contribution in [1.82, 2.24) is 14.5 Å². The van der Waals surface area contributed by atoms with Crippen molar-refractivity contribution in [3.05, 3.63) is 157 Å². The van der Waals surface area contributed by atoms with Crippen LogP contribution in [0.3, 0.4) is 0 Å². The maximum absolute atomic E-state index is 5.04. The lowest BCUT2D eigenvalue weighted by atomic mass is 9.93. The number of fused-ring (bicyclic) bond motifs is 3. The van der Waals surface area contributed by atoms with E-state index in [4.69, 9.17) is 9.97 Å². The minimum absolute atomic E-state index is 0.553. The van der Waals surface area contributed by atoms with Gasteiger partial charge in [-0.05, 0) is 65.4 Å². The summed E-state index contributed by atoms with van der Waals surface area (Å²) in [6.07, 6.45) is 5.70. The van der Waals surface area contributed by atoms with E-state index in [-0.39, 0.29) is 0 Å². The van der Waals surface area contributed by atoms with Crippen LogP contribution < -0.4 is 0 Å². The molecule has 44 heavy (non-hydrogen) atoms. The number of aromatic nitrogens is 3. The molecular weight excluding hydrogens is 534 g/mol. The van der Waals surface area contributed by atoms with Gasteiger partial charge in [0.25, 0.3) is 0 Å². The highest BCUT2D eigenvalue weighted by molar-refractivity contribution is 5.91. The van der Waals surface area contributed by atoms with Gasteiger partial charge in [-0.25, -0.2) is 9.97 Å². The van der Waals surface area contributed by atoms with Crippen LogP contribution in [0.5, 0.6) is 0 Å². The average molecular weight is 566 g/mol. The van der Waals surface area contributed by atoms with Gasteiger partial charge in [0, 0.05) is 33.5 Å². The molecule has 2 heterocycles. The minimum Gasteiger partial charge on any atom is -0.310 e. The molecule has 0 saturated heterocycles. The molecule has 5 aromatic carbocycles. The highest BCUT2D eigenvalue weighted by Crippen LogP contribution is 2.36. The largest absolute Gasteiger partial charge is 0.310 e. The fourth-order valence-corrected chi connectivity index (χ4v) is 6.37. The van der Waals surface area contributed by atoms with Crippen molar-refractivity contribution < 1.29 is 0 Å². The van der Waals surface area contributed by atoms with Crippen LogP contribution in [0.4, 0.5) is 0 Å². The molecule has 0 fully saturated rings. The van der Waals surface area contributed by atoms with Crippen LogP contribution in [-0.4, -0.2) is 14.5 Å². The zero-order chi connectivity index (χ0) is 29.5. The molecule has 3 nitrogen and oxygen atoms in total. The van der Waals surface area contributed by atoms with E-state index in [9.17, 15) is 0 Å². The molecular formula is C41H31N3. The molecule has 0 spiro atoms. The predicted molar refractivity (Wildman–Crippen MR) is 183 cm³/mol. The standard InChI is InChI=1S/C41H31N3/c1-28-19-24-40-36(25-28)35-17-8-9-18-39(35)44(40)34-22-20-29(21-23-34)32-15-10-16-33(26-32)41-42-37(30-11-4-2-5-12-30)27-38(43-41)31-13-6-3-7-14-31/h2-24,26-28H,25H2,1H3. The molecule has 0 N–H and O–H groups in total. The van der Waals surface area contributed by atoms with Gasteiger partial charge in [-0.1, -0.05) is 122 Å². The first-order valence-corrected chi connectivity index (χ1v) is 15.2. The molecule has 210 valence electrons. The van der Waals surface area contributed by atoms with Gasteiger partial charge in [-0.3, -0.25) is 0 Å². The molecule has 1 aliphatic rings. The summed E-state index contributed by atoms with van der Waals surface area (Å²) in [6, 6.07) is 49.0. The number of nitrogens with zero attached hydrogens (tertiary/aromatic N) is 3. The number of hydrogen-bond acceptors (Lipinski definition) is 2. The van der Waals surface area contributed by atoms with Crippen molar-refractivity contribution in [3.8, 4) is 50.7 Å². The SMILES string of the molecule is CC1C=Cc2c(c3ccccc3n2-c2ccc(-c3cccc(-c4nc(-c5ccccc5)cc(-c5ccccc5)n4)c3)cc2)C1. The molecule has 1 unspecified atom stereocenters. The topological polar surface area (TPSA) is 30.7 Å². The van der Waals surface area contributed by atoms with Gasteiger partial charge in [0.15, 0.2) is 5.82 Å². The second-order valence-corrected chi connectivity index (χ2v) is 11.6. The summed E-state index contributed by atoms with van der Waals surface area (Å²) < 4.78 is 2.40. The van der Waals surface area contributed by atoms with Gasteiger partial charge in [0.1, 0.15) is 0 Å². The summed E-state index contributed by atoms with van der Waals surface area (Å²) >= 11 is 0. The maximum Gasteiger partial charge on any atom is 0.160 e. The van der Waals surface area contributed by atoms with Gasteiger partial charge in [0.05, 0.1) is 16.9 Å². The fraction of sp³-hybridized carbons (Fsp3) is 0.0732. The van der Waals surface area contributed by atoms with Crippen LogP contribution in [0, 0.1) is 5.92 Å². The Labute approximate surface area is 257 Å². The van der Waals surface area contributed by atoms with Crippen molar-refractivity contribution in [1.29, 1.82) is 0 Å². The maximum atomic E-state index is 5.04. The zero-order valence-corrected chi connectivity index (χ0v) is 24.6. The minimum atomic E-state index is 0.553. The van der Waals surface area contributed by atoms with E-state index >= 15 is 0 Å². The molecule has 7 aromatic rings. The normalized spacial score (nSPS) is 14.1. The van der Waals surface area contributed by atoms with Crippen molar-refractivity contribution >= 4 is 17.0 Å². The Kier molecular flexibility index (Phi) is 6.49. The Hall–Kier alpha value is -5.54. The summed E-state index contributed by atoms with van der Waals surface area (Å²) in [5, 5.41) is 1.35. The number of para-hydroxylation sites is 1. The van der Waals surface area contributed by atoms with Gasteiger partial charge < -0.3 is 4.57 Å². The molecule has 0 amide bonds. The van der Waals surface area contributed by atoms with Crippen LogP contribution in [0.15, 0.2) is 146 Å². The molecule has 0 radical (unpaired) electrons. The lowest BCUT2D eigenvalue weighted by Crippen LogP contribution is -2.05. The van der Waals surface area contributed by atoms with E-state index < -0.39 is 0 Å². The molecule has 0 saturated carbocycles. The van der Waals surface area contributed by atoms with Gasteiger partial charge in [0.2, 0.25) is 0 Å². The van der Waals surface area contributed by atoms with Gasteiger partial charge >= 0.3 is 0 Å². The summed E-state index contributed by atoms with van der Waals surface area (Å²) in [5.74, 6) is 1.27. The second-order valence-electron chi connectivity index (χ2n) is 11.6. The van der Waals surface area contributed by atoms with Crippen LogP contribution in [-0.2, 0) is 6.42 Å². The quantitative estimate of drug-likeness (QED) is 0.208. The Morgan fingerprint density at radius 1 is 0.568 bits per heavy atom. The third kappa shape index (κ3) is 4.73. The summed E-state index contributed by atoms with van der Waals surface area (Å²) in [7, 11) is 0. The van der Waals surface area contributed by atoms with E-state index in [2.05, 4.69) is 127 Å². The van der Waals surface area contributed by atoms with Crippen LogP contribution in [0.25, 0.3) is 67.7 Å². The second kappa shape index (κ2) is 10.9. The molecule has 1 atom stereocenters. The third-order valence-corrected chi connectivity index (χ3v) is 8.57. The Balaban J connectivity index is 1.18. The summed E-state index contributed by atoms with van der Waals surface area (Å²) in [6.45, 7) is 2.29. The predicted octanol–water partition coefficient (Wildman–Crippen LogP) is 10.3. The molecule has 0 aliphatic heterocycles. The highest BCUT2D eigenvalue weighted by Gasteiger charge is 2.20. The fourth-order valence-electron chi connectivity index (χ4n) is 6.37. The van der Waals surface area contributed by atoms with Gasteiger partial charge in [-0.2, -0.15) is 0 Å². The molecule has 0 bridgehead atoms. The Morgan fingerprint density at radius 2 is 1.18 bits per heavy atom. The van der Waals surface area contributed by atoms with Crippen LogP contribution >= 0.6 is 0 Å². The molecule has 2 aromatic heterocycles. The molecule has 8 rings (SSSR count). The highest BCUT2D eigenvalue weighted by atomic mass is 15.0. The number of benzene rings is 5. The number of rotatable bonds is 5. The molecule has 3 heteroatoms. The average Bonchev–Trinajstić information content (AvgIpc) is 3.42. The first-order chi connectivity index (χ1) is 21.7. The van der Waals surface area contributed by atoms with E-state index in [1.54, 1.807) is 0 Å². The van der Waals surface area contributed by atoms with Crippen molar-refractivity contribution in [2.24, 2.45) is 5.92 Å². The van der Waals surface area contributed by atoms with Gasteiger partial charge in [-0.15, -0.1) is 0 Å². The first-order valence-electron chi connectivity index (χ1n) is 15.2. The lowest BCUT2D eigenvalue weighted by molar-refractivity contribution is 0.718. The van der Waals surface area contributed by atoms with Crippen molar-refractivity contribution in [2.45, 2.75) is 13.3 Å². The number of allylic oxidation sites excluding steroid dienone is 1. The zero-order valence-electron chi connectivity index (χ0n) is 24.6. The van der Waals surface area contributed by atoms with E-state index in [1.807, 2.05) is 36.4 Å². The lowest BCUT2D eigenvalue weighted by Gasteiger charge is -2.16. The summed E-state index contributed by atoms with van der Waals surface area (Å²) in [5.41, 5.74) is 12.4. The third-order valence-electron chi connectivity index (χ3n) is 8.57. The van der Waals surface area contributed by atoms with Crippen LogP contribution in [0.2, 0.25) is 0 Å². The summed E-state index contributed by atoms with van der Waals surface area (Å²) in [4.78, 5) is 10.1. The smallest absolute Gasteiger partial charge is 0.160 e. The monoisotopic (exact) mass is 565 g/mol. The Morgan fingerprint density at radius 3 is 1.89 bits per heavy atom. The van der Waals surface area contributed by atoms with Crippen molar-refractivity contribution in [3.63, 3.8) is 0 Å². The molecule has 1 aliphatic carbocycles. The van der Waals surface area contributed by atoms with Crippen LogP contribution in [0.1, 0.15) is 18.2 Å². The van der Waals surface area contributed by atoms with E-state index in [1.165, 1.54) is 27.8 Å².